The van der Waals surface area contributed by atoms with E-state index < -0.39 is 0 Å². The van der Waals surface area contributed by atoms with Crippen molar-refractivity contribution in [3.05, 3.63) is 11.9 Å². The van der Waals surface area contributed by atoms with Crippen LogP contribution in [0.5, 0.6) is 0 Å². The Labute approximate surface area is 105 Å². The number of hydrogen-bond acceptors (Lipinski definition) is 4. The van der Waals surface area contributed by atoms with Crippen molar-refractivity contribution in [1.82, 2.24) is 20.3 Å². The van der Waals surface area contributed by atoms with Gasteiger partial charge in [-0.15, -0.1) is 5.10 Å². The van der Waals surface area contributed by atoms with E-state index in [0.29, 0.717) is 14.9 Å². The smallest absolute Gasteiger partial charge is 0.157 e. The quantitative estimate of drug-likeness (QED) is 0.577. The molecule has 0 spiro atoms. The summed E-state index contributed by atoms with van der Waals surface area (Å²) in [5.41, 5.74) is 0.841. The predicted molar refractivity (Wildman–Crippen MR) is 70.8 cm³/mol. The maximum absolute atomic E-state index is 11.8. The van der Waals surface area contributed by atoms with E-state index in [2.05, 4.69) is 15.6 Å². The molecule has 1 aromatic heterocycles. The van der Waals surface area contributed by atoms with Gasteiger partial charge >= 0.3 is 0 Å². The Balaban J connectivity index is 2.66. The minimum absolute atomic E-state index is 0.136. The third-order valence-electron chi connectivity index (χ3n) is 2.78. The molecule has 1 rings (SSSR count). The minimum Gasteiger partial charge on any atom is -0.312 e. The molecular weight excluding hydrogens is 234 g/mol. The summed E-state index contributed by atoms with van der Waals surface area (Å²) in [5, 5.41) is 11.1. The van der Waals surface area contributed by atoms with Gasteiger partial charge in [-0.1, -0.05) is 5.21 Å². The Bertz CT molecular complexity index is 371. The van der Waals surface area contributed by atoms with Gasteiger partial charge in [-0.25, -0.2) is 4.68 Å². The van der Waals surface area contributed by atoms with Crippen LogP contribution >= 0.6 is 8.46 Å². The first-order chi connectivity index (χ1) is 8.10. The van der Waals surface area contributed by atoms with Crippen molar-refractivity contribution in [3.63, 3.8) is 0 Å². The van der Waals surface area contributed by atoms with Crippen LogP contribution in [0, 0.1) is 0 Å². The highest BCUT2D eigenvalue weighted by Crippen LogP contribution is 2.14. The van der Waals surface area contributed by atoms with E-state index in [0.717, 1.165) is 11.9 Å². The molecule has 3 unspecified atom stereocenters. The molecule has 0 aromatic carbocycles. The maximum Gasteiger partial charge on any atom is 0.157 e. The lowest BCUT2D eigenvalue weighted by Crippen LogP contribution is -2.17. The summed E-state index contributed by atoms with van der Waals surface area (Å²) < 4.78 is 1.62. The van der Waals surface area contributed by atoms with Crippen LogP contribution in [-0.4, -0.2) is 41.6 Å². The van der Waals surface area contributed by atoms with E-state index >= 15 is 0 Å². The highest BCUT2D eigenvalue weighted by Gasteiger charge is 2.17. The first-order valence-electron chi connectivity index (χ1n) is 5.65. The molecule has 0 saturated heterocycles. The molecule has 17 heavy (non-hydrogen) atoms. The average molecular weight is 252 g/mol. The van der Waals surface area contributed by atoms with Crippen LogP contribution in [0.3, 0.4) is 0 Å². The van der Waals surface area contributed by atoms with Crippen LogP contribution in [0.4, 0.5) is 0 Å². The van der Waals surface area contributed by atoms with Crippen LogP contribution < -0.4 is 5.32 Å². The first-order valence-corrected chi connectivity index (χ1v) is 6.93. The van der Waals surface area contributed by atoms with Gasteiger partial charge in [0.1, 0.15) is 13.6 Å². The van der Waals surface area contributed by atoms with E-state index in [1.165, 1.54) is 0 Å². The number of hydrogen-bond donors (Lipinski definition) is 1. The number of nitrogens with zero attached hydrogens (tertiary/aromatic N) is 3. The fraction of sp³-hybridized carbons (Fsp3) is 0.700. The van der Waals surface area contributed by atoms with Crippen molar-refractivity contribution in [2.24, 2.45) is 0 Å². The summed E-state index contributed by atoms with van der Waals surface area (Å²) in [6.45, 7) is 3.83. The summed E-state index contributed by atoms with van der Waals surface area (Å²) in [6.07, 6.45) is 3.07. The van der Waals surface area contributed by atoms with Gasteiger partial charge in [0, 0.05) is 12.5 Å². The summed E-state index contributed by atoms with van der Waals surface area (Å²) in [4.78, 5) is 11.8. The molecular formula is C10H18BN4OP. The van der Waals surface area contributed by atoms with Crippen LogP contribution in [0.2, 0.25) is 0 Å². The van der Waals surface area contributed by atoms with E-state index in [1.54, 1.807) is 4.68 Å². The Morgan fingerprint density at radius 3 is 2.94 bits per heavy atom. The summed E-state index contributed by atoms with van der Waals surface area (Å²) in [5.74, 6) is 0.150. The molecule has 3 atom stereocenters. The number of carbonyl (C=O) groups is 1. The number of Topliss-reactive ketones (excluding diaryl/α,β-unsaturated/α-hetero) is 1. The molecule has 5 nitrogen and oxygen atoms in total. The summed E-state index contributed by atoms with van der Waals surface area (Å²) >= 11 is 0. The first kappa shape index (κ1) is 14.3. The third kappa shape index (κ3) is 3.89. The van der Waals surface area contributed by atoms with Gasteiger partial charge in [0.25, 0.3) is 0 Å². The number of aromatic nitrogens is 3. The molecule has 7 heteroatoms. The van der Waals surface area contributed by atoms with Crippen molar-refractivity contribution in [1.29, 1.82) is 0 Å². The normalized spacial score (nSPS) is 15.2. The second-order valence-electron chi connectivity index (χ2n) is 3.98. The lowest BCUT2D eigenvalue weighted by Gasteiger charge is -2.09. The molecule has 0 aliphatic heterocycles. The van der Waals surface area contributed by atoms with Gasteiger partial charge in [-0.2, -0.15) is 8.46 Å². The number of carbonyl (C=O) groups excluding carboxylic acids is 1. The largest absolute Gasteiger partial charge is 0.312 e. The Kier molecular flexibility index (Phi) is 5.79. The van der Waals surface area contributed by atoms with Gasteiger partial charge in [0.15, 0.2) is 5.78 Å². The van der Waals surface area contributed by atoms with Crippen LogP contribution in [0.1, 0.15) is 38.0 Å². The zero-order chi connectivity index (χ0) is 12.8. The van der Waals surface area contributed by atoms with Gasteiger partial charge in [0.05, 0.1) is 11.9 Å². The van der Waals surface area contributed by atoms with Gasteiger partial charge in [-0.05, 0) is 27.1 Å². The van der Waals surface area contributed by atoms with Crippen molar-refractivity contribution < 1.29 is 4.79 Å². The SMILES string of the molecule is [B]PCCC(=O)C(C)n1cc(C(C)NC)nn1. The fourth-order valence-electron chi connectivity index (χ4n) is 1.38. The fourth-order valence-corrected chi connectivity index (χ4v) is 1.77. The van der Waals surface area contributed by atoms with Crippen LogP contribution in [-0.2, 0) is 4.79 Å². The molecule has 2 radical (unpaired) electrons. The van der Waals surface area contributed by atoms with E-state index in [9.17, 15) is 4.79 Å². The molecule has 0 amide bonds. The lowest BCUT2D eigenvalue weighted by molar-refractivity contribution is -0.121. The molecule has 0 aliphatic rings. The predicted octanol–water partition coefficient (Wildman–Crippen LogP) is 0.841. The summed E-state index contributed by atoms with van der Waals surface area (Å²) in [7, 11) is 7.60. The molecule has 0 saturated carbocycles. The van der Waals surface area contributed by atoms with Crippen molar-refractivity contribution in [3.8, 4) is 0 Å². The van der Waals surface area contributed by atoms with E-state index in [-0.39, 0.29) is 17.9 Å². The van der Waals surface area contributed by atoms with Gasteiger partial charge in [-0.3, -0.25) is 4.79 Å². The van der Waals surface area contributed by atoms with Gasteiger partial charge < -0.3 is 5.32 Å². The molecule has 0 bridgehead atoms. The molecule has 0 aliphatic carbocycles. The topological polar surface area (TPSA) is 59.8 Å². The lowest BCUT2D eigenvalue weighted by atomic mass is 10.2. The monoisotopic (exact) mass is 252 g/mol. The minimum atomic E-state index is -0.267. The second-order valence-corrected chi connectivity index (χ2v) is 4.89. The molecule has 1 aromatic rings. The van der Waals surface area contributed by atoms with Crippen molar-refractivity contribution >= 4 is 21.8 Å². The maximum atomic E-state index is 11.8. The number of ketones is 1. The number of rotatable bonds is 7. The standard InChI is InChI=1S/C10H18BN4OP/c1-7(12-3)9-6-15(14-13-9)8(2)10(16)4-5-17-11/h6-8,12,17H,4-5H2,1-3H3. The van der Waals surface area contributed by atoms with Crippen molar-refractivity contribution in [2.75, 3.05) is 13.2 Å². The highest BCUT2D eigenvalue weighted by molar-refractivity contribution is 7.66. The van der Waals surface area contributed by atoms with Crippen molar-refractivity contribution in [2.45, 2.75) is 32.4 Å². The molecule has 1 N–H and O–H groups in total. The second kappa shape index (κ2) is 6.87. The van der Waals surface area contributed by atoms with Crippen LogP contribution in [0.25, 0.3) is 0 Å². The zero-order valence-electron chi connectivity index (χ0n) is 10.5. The molecule has 0 fully saturated rings. The zero-order valence-corrected chi connectivity index (χ0v) is 11.5. The average Bonchev–Trinajstić information content (AvgIpc) is 2.83. The van der Waals surface area contributed by atoms with E-state index in [1.807, 2.05) is 27.1 Å². The van der Waals surface area contributed by atoms with E-state index in [4.69, 9.17) is 7.57 Å². The third-order valence-corrected chi connectivity index (χ3v) is 3.32. The Morgan fingerprint density at radius 2 is 2.35 bits per heavy atom. The van der Waals surface area contributed by atoms with Gasteiger partial charge in [0.2, 0.25) is 0 Å². The molecule has 92 valence electrons. The van der Waals surface area contributed by atoms with Crippen LogP contribution in [0.15, 0.2) is 6.20 Å². The Hall–Kier alpha value is -0.735. The highest BCUT2D eigenvalue weighted by atomic mass is 31.1. The number of nitrogens with one attached hydrogen (secondary N) is 1. The summed E-state index contributed by atoms with van der Waals surface area (Å²) in [6, 6.07) is -0.131. The Morgan fingerprint density at radius 1 is 1.65 bits per heavy atom. The molecule has 1 heterocycles.